The molecule has 0 aromatic carbocycles. The number of hydrogen-bond donors (Lipinski definition) is 2. The molecule has 0 heterocycles. The van der Waals surface area contributed by atoms with Crippen molar-refractivity contribution < 1.29 is 0 Å². The molecule has 0 radical (unpaired) electrons. The van der Waals surface area contributed by atoms with Gasteiger partial charge in [-0.2, -0.15) is 0 Å². The molecule has 62 valence electrons. The van der Waals surface area contributed by atoms with E-state index in [1.54, 1.807) is 0 Å². The molecule has 0 saturated carbocycles. The monoisotopic (exact) mass is 144 g/mol. The zero-order chi connectivity index (χ0) is 7.82. The number of hydrazine groups is 1. The molecule has 2 heteroatoms. The van der Waals surface area contributed by atoms with E-state index in [-0.39, 0.29) is 0 Å². The average molecular weight is 144 g/mol. The lowest BCUT2D eigenvalue weighted by atomic mass is 10.1. The Morgan fingerprint density at radius 3 is 2.40 bits per heavy atom. The second kappa shape index (κ2) is 7.03. The topological polar surface area (TPSA) is 24.1 Å². The molecular formula is C8H20N2. The summed E-state index contributed by atoms with van der Waals surface area (Å²) in [5, 5.41) is 0. The summed E-state index contributed by atoms with van der Waals surface area (Å²) >= 11 is 0. The van der Waals surface area contributed by atoms with Gasteiger partial charge in [-0.05, 0) is 12.3 Å². The highest BCUT2D eigenvalue weighted by Gasteiger charge is 1.97. The fourth-order valence-electron chi connectivity index (χ4n) is 0.966. The summed E-state index contributed by atoms with van der Waals surface area (Å²) in [6.07, 6.45) is 2.60. The van der Waals surface area contributed by atoms with Gasteiger partial charge in [-0.1, -0.05) is 27.2 Å². The molecule has 0 fully saturated rings. The maximum Gasteiger partial charge on any atom is 0.0125 e. The van der Waals surface area contributed by atoms with Crippen molar-refractivity contribution in [1.82, 2.24) is 10.9 Å². The Hall–Kier alpha value is -0.0800. The molecule has 10 heavy (non-hydrogen) atoms. The van der Waals surface area contributed by atoms with Crippen LogP contribution in [0.3, 0.4) is 0 Å². The first kappa shape index (κ1) is 9.92. The lowest BCUT2D eigenvalue weighted by Gasteiger charge is -2.10. The van der Waals surface area contributed by atoms with Crippen LogP contribution in [0, 0.1) is 5.92 Å². The normalized spacial score (nSPS) is 13.5. The quantitative estimate of drug-likeness (QED) is 0.436. The third kappa shape index (κ3) is 6.05. The Labute approximate surface area is 64.4 Å². The van der Waals surface area contributed by atoms with Crippen LogP contribution >= 0.6 is 0 Å². The molecule has 0 saturated heterocycles. The summed E-state index contributed by atoms with van der Waals surface area (Å²) in [6, 6.07) is 0. The lowest BCUT2D eigenvalue weighted by molar-refractivity contribution is 0.434. The van der Waals surface area contributed by atoms with Crippen LogP contribution < -0.4 is 10.9 Å². The van der Waals surface area contributed by atoms with Crippen molar-refractivity contribution in [3.8, 4) is 0 Å². The van der Waals surface area contributed by atoms with E-state index in [0.717, 1.165) is 19.0 Å². The maximum absolute atomic E-state index is 3.17. The molecule has 0 aliphatic heterocycles. The van der Waals surface area contributed by atoms with Gasteiger partial charge in [-0.3, -0.25) is 10.9 Å². The average Bonchev–Trinajstić information content (AvgIpc) is 1.89. The summed E-state index contributed by atoms with van der Waals surface area (Å²) in [5.74, 6) is 0.795. The third-order valence-electron chi connectivity index (χ3n) is 1.53. The minimum absolute atomic E-state index is 0.795. The van der Waals surface area contributed by atoms with Gasteiger partial charge in [0.05, 0.1) is 0 Å². The van der Waals surface area contributed by atoms with Crippen LogP contribution in [-0.2, 0) is 0 Å². The van der Waals surface area contributed by atoms with Crippen molar-refractivity contribution in [2.45, 2.75) is 33.6 Å². The standard InChI is InChI=1S/C8H20N2/c1-4-6-8(3)7-10-9-5-2/h8-10H,4-7H2,1-3H3. The van der Waals surface area contributed by atoms with Crippen LogP contribution in [0.5, 0.6) is 0 Å². The van der Waals surface area contributed by atoms with Crippen molar-refractivity contribution in [2.24, 2.45) is 5.92 Å². The van der Waals surface area contributed by atoms with E-state index in [1.807, 2.05) is 0 Å². The van der Waals surface area contributed by atoms with Gasteiger partial charge in [0.1, 0.15) is 0 Å². The van der Waals surface area contributed by atoms with Crippen molar-refractivity contribution in [3.63, 3.8) is 0 Å². The second-order valence-corrected chi connectivity index (χ2v) is 2.81. The Kier molecular flexibility index (Phi) is 6.98. The van der Waals surface area contributed by atoms with Crippen LogP contribution in [0.2, 0.25) is 0 Å². The molecule has 2 N–H and O–H groups in total. The summed E-state index contributed by atoms with van der Waals surface area (Å²) < 4.78 is 0. The number of rotatable bonds is 6. The van der Waals surface area contributed by atoms with Gasteiger partial charge < -0.3 is 0 Å². The van der Waals surface area contributed by atoms with E-state index < -0.39 is 0 Å². The molecular weight excluding hydrogens is 124 g/mol. The van der Waals surface area contributed by atoms with Gasteiger partial charge in [0.15, 0.2) is 0 Å². The van der Waals surface area contributed by atoms with Crippen LogP contribution in [0.25, 0.3) is 0 Å². The van der Waals surface area contributed by atoms with Gasteiger partial charge in [0.25, 0.3) is 0 Å². The fourth-order valence-corrected chi connectivity index (χ4v) is 0.966. The predicted molar refractivity (Wildman–Crippen MR) is 45.8 cm³/mol. The minimum Gasteiger partial charge on any atom is -0.258 e. The van der Waals surface area contributed by atoms with Gasteiger partial charge in [-0.25, -0.2) is 0 Å². The summed E-state index contributed by atoms with van der Waals surface area (Å²) in [6.45, 7) is 8.68. The highest BCUT2D eigenvalue weighted by Crippen LogP contribution is 2.01. The van der Waals surface area contributed by atoms with Crippen molar-refractivity contribution in [2.75, 3.05) is 13.1 Å². The molecule has 0 aliphatic rings. The zero-order valence-corrected chi connectivity index (χ0v) is 7.41. The SMILES string of the molecule is CCCC(C)CNNCC. The Morgan fingerprint density at radius 2 is 1.90 bits per heavy atom. The third-order valence-corrected chi connectivity index (χ3v) is 1.53. The van der Waals surface area contributed by atoms with E-state index >= 15 is 0 Å². The first-order valence-corrected chi connectivity index (χ1v) is 4.27. The molecule has 0 rings (SSSR count). The van der Waals surface area contributed by atoms with Crippen LogP contribution in [-0.4, -0.2) is 13.1 Å². The predicted octanol–water partition coefficient (Wildman–Crippen LogP) is 1.54. The van der Waals surface area contributed by atoms with Crippen molar-refractivity contribution in [1.29, 1.82) is 0 Å². The van der Waals surface area contributed by atoms with Gasteiger partial charge >= 0.3 is 0 Å². The molecule has 2 nitrogen and oxygen atoms in total. The molecule has 0 spiro atoms. The Balaban J connectivity index is 2.97. The van der Waals surface area contributed by atoms with E-state index in [4.69, 9.17) is 0 Å². The summed E-state index contributed by atoms with van der Waals surface area (Å²) in [4.78, 5) is 0. The molecule has 0 aliphatic carbocycles. The second-order valence-electron chi connectivity index (χ2n) is 2.81. The molecule has 0 aromatic heterocycles. The maximum atomic E-state index is 3.17. The van der Waals surface area contributed by atoms with Crippen molar-refractivity contribution in [3.05, 3.63) is 0 Å². The lowest BCUT2D eigenvalue weighted by Crippen LogP contribution is -2.34. The number of nitrogens with one attached hydrogen (secondary N) is 2. The summed E-state index contributed by atoms with van der Waals surface area (Å²) in [5.41, 5.74) is 6.26. The first-order valence-electron chi connectivity index (χ1n) is 4.27. The first-order chi connectivity index (χ1) is 4.81. The van der Waals surface area contributed by atoms with Gasteiger partial charge in [-0.15, -0.1) is 0 Å². The molecule has 1 atom stereocenters. The highest BCUT2D eigenvalue weighted by molar-refractivity contribution is 4.52. The smallest absolute Gasteiger partial charge is 0.0125 e. The number of hydrogen-bond acceptors (Lipinski definition) is 2. The van der Waals surface area contributed by atoms with Gasteiger partial charge in [0, 0.05) is 13.1 Å². The van der Waals surface area contributed by atoms with Crippen LogP contribution in [0.15, 0.2) is 0 Å². The van der Waals surface area contributed by atoms with Crippen LogP contribution in [0.1, 0.15) is 33.6 Å². The Bertz CT molecular complexity index is 64.3. The largest absolute Gasteiger partial charge is 0.258 e. The summed E-state index contributed by atoms with van der Waals surface area (Å²) in [7, 11) is 0. The van der Waals surface area contributed by atoms with E-state index in [1.165, 1.54) is 12.8 Å². The van der Waals surface area contributed by atoms with E-state index in [0.29, 0.717) is 0 Å². The fraction of sp³-hybridized carbons (Fsp3) is 1.00. The molecule has 0 amide bonds. The minimum atomic E-state index is 0.795. The zero-order valence-electron chi connectivity index (χ0n) is 7.41. The van der Waals surface area contributed by atoms with Crippen molar-refractivity contribution >= 4 is 0 Å². The molecule has 1 unspecified atom stereocenters. The van der Waals surface area contributed by atoms with Crippen LogP contribution in [0.4, 0.5) is 0 Å². The molecule has 0 bridgehead atoms. The highest BCUT2D eigenvalue weighted by atomic mass is 15.3. The van der Waals surface area contributed by atoms with Gasteiger partial charge in [0.2, 0.25) is 0 Å². The molecule has 0 aromatic rings. The van der Waals surface area contributed by atoms with E-state index in [2.05, 4.69) is 31.6 Å². The Morgan fingerprint density at radius 1 is 1.20 bits per heavy atom. The van der Waals surface area contributed by atoms with E-state index in [9.17, 15) is 0 Å².